The first-order chi connectivity index (χ1) is 9.28. The molecule has 100 valence electrons. The molecule has 1 aliphatic heterocycles. The molecule has 19 heavy (non-hydrogen) atoms. The molecular weight excluding hydrogens is 238 g/mol. The Hall–Kier alpha value is -1.75. The van der Waals surface area contributed by atoms with Gasteiger partial charge in [0.05, 0.1) is 17.5 Å². The Labute approximate surface area is 113 Å². The number of aryl methyl sites for hydroxylation is 2. The van der Waals surface area contributed by atoms with Gasteiger partial charge in [-0.2, -0.15) is 5.10 Å². The lowest BCUT2D eigenvalue weighted by atomic mass is 10.0. The van der Waals surface area contributed by atoms with Crippen LogP contribution >= 0.6 is 0 Å². The molecule has 0 aromatic carbocycles. The third-order valence-electron chi connectivity index (χ3n) is 3.47. The number of aromatic nitrogens is 4. The molecule has 1 N–H and O–H groups in total. The summed E-state index contributed by atoms with van der Waals surface area (Å²) in [5.74, 6) is 0.817. The van der Waals surface area contributed by atoms with Crippen molar-refractivity contribution in [1.82, 2.24) is 25.1 Å². The summed E-state index contributed by atoms with van der Waals surface area (Å²) < 4.78 is 1.79. The van der Waals surface area contributed by atoms with Crippen LogP contribution in [-0.2, 0) is 26.4 Å². The van der Waals surface area contributed by atoms with Crippen LogP contribution in [0.1, 0.15) is 30.3 Å². The van der Waals surface area contributed by atoms with Crippen molar-refractivity contribution in [2.24, 2.45) is 7.05 Å². The van der Waals surface area contributed by atoms with Crippen LogP contribution in [0.15, 0.2) is 12.4 Å². The van der Waals surface area contributed by atoms with Crippen LogP contribution in [-0.4, -0.2) is 26.3 Å². The van der Waals surface area contributed by atoms with Crippen LogP contribution in [0.4, 0.5) is 0 Å². The van der Waals surface area contributed by atoms with Gasteiger partial charge in [-0.15, -0.1) is 0 Å². The first kappa shape index (κ1) is 12.3. The number of nitrogens with one attached hydrogen (secondary N) is 1. The molecule has 5 nitrogen and oxygen atoms in total. The molecule has 0 unspecified atom stereocenters. The van der Waals surface area contributed by atoms with Crippen molar-refractivity contribution < 1.29 is 0 Å². The third kappa shape index (κ3) is 2.38. The number of hydrogen-bond acceptors (Lipinski definition) is 4. The molecule has 0 fully saturated rings. The second-order valence-electron chi connectivity index (χ2n) is 5.00. The van der Waals surface area contributed by atoms with Gasteiger partial charge in [-0.3, -0.25) is 4.68 Å². The molecule has 0 bridgehead atoms. The monoisotopic (exact) mass is 257 g/mol. The van der Waals surface area contributed by atoms with Gasteiger partial charge in [-0.1, -0.05) is 13.3 Å². The molecule has 0 aliphatic carbocycles. The van der Waals surface area contributed by atoms with Crippen LogP contribution in [0.25, 0.3) is 11.4 Å². The lowest BCUT2D eigenvalue weighted by molar-refractivity contribution is 0.615. The van der Waals surface area contributed by atoms with Gasteiger partial charge in [0.15, 0.2) is 5.82 Å². The minimum Gasteiger partial charge on any atom is -0.312 e. The molecule has 2 aromatic heterocycles. The van der Waals surface area contributed by atoms with Gasteiger partial charge in [0.1, 0.15) is 0 Å². The minimum absolute atomic E-state index is 0.817. The Morgan fingerprint density at radius 2 is 2.26 bits per heavy atom. The van der Waals surface area contributed by atoms with E-state index in [0.29, 0.717) is 0 Å². The highest BCUT2D eigenvalue weighted by Crippen LogP contribution is 2.22. The Morgan fingerprint density at radius 1 is 1.37 bits per heavy atom. The number of nitrogens with zero attached hydrogens (tertiary/aromatic N) is 4. The molecule has 0 atom stereocenters. The maximum absolute atomic E-state index is 4.75. The second-order valence-corrected chi connectivity index (χ2v) is 5.00. The fraction of sp³-hybridized carbons (Fsp3) is 0.500. The number of fused-ring (bicyclic) bond motifs is 1. The van der Waals surface area contributed by atoms with E-state index < -0.39 is 0 Å². The highest BCUT2D eigenvalue weighted by atomic mass is 15.2. The predicted molar refractivity (Wildman–Crippen MR) is 73.6 cm³/mol. The number of hydrogen-bond donors (Lipinski definition) is 1. The summed E-state index contributed by atoms with van der Waals surface area (Å²) in [4.78, 5) is 9.49. The third-order valence-corrected chi connectivity index (χ3v) is 3.47. The summed E-state index contributed by atoms with van der Waals surface area (Å²) >= 11 is 0. The average Bonchev–Trinajstić information content (AvgIpc) is 2.86. The Bertz CT molecular complexity index is 588. The van der Waals surface area contributed by atoms with E-state index in [1.807, 2.05) is 19.4 Å². The zero-order valence-corrected chi connectivity index (χ0v) is 11.5. The topological polar surface area (TPSA) is 55.6 Å². The summed E-state index contributed by atoms with van der Waals surface area (Å²) in [5.41, 5.74) is 4.71. The summed E-state index contributed by atoms with van der Waals surface area (Å²) in [6.45, 7) is 4.09. The molecule has 0 radical (unpaired) electrons. The minimum atomic E-state index is 0.817. The summed E-state index contributed by atoms with van der Waals surface area (Å²) in [5, 5.41) is 7.61. The molecular formula is C14H19N5. The van der Waals surface area contributed by atoms with E-state index in [0.717, 1.165) is 43.7 Å². The average molecular weight is 257 g/mol. The van der Waals surface area contributed by atoms with Gasteiger partial charge in [-0.25, -0.2) is 9.97 Å². The van der Waals surface area contributed by atoms with Gasteiger partial charge in [0, 0.05) is 44.0 Å². The molecule has 2 aromatic rings. The van der Waals surface area contributed by atoms with Crippen molar-refractivity contribution in [2.75, 3.05) is 6.54 Å². The van der Waals surface area contributed by atoms with E-state index in [1.165, 1.54) is 17.0 Å². The largest absolute Gasteiger partial charge is 0.312 e. The zero-order valence-electron chi connectivity index (χ0n) is 11.5. The standard InChI is InChI=1S/C14H19N5/c1-3-4-12-11-8-15-6-5-13(11)18-14(17-12)10-7-16-19(2)9-10/h7,9,15H,3-6,8H2,1-2H3. The van der Waals surface area contributed by atoms with Crippen molar-refractivity contribution in [2.45, 2.75) is 32.7 Å². The fourth-order valence-corrected chi connectivity index (χ4v) is 2.52. The SMILES string of the molecule is CCCc1nc(-c2cnn(C)c2)nc2c1CNCC2. The molecule has 3 heterocycles. The van der Waals surface area contributed by atoms with E-state index in [9.17, 15) is 0 Å². The smallest absolute Gasteiger partial charge is 0.162 e. The Kier molecular flexibility index (Phi) is 3.29. The molecule has 0 saturated carbocycles. The van der Waals surface area contributed by atoms with E-state index in [4.69, 9.17) is 9.97 Å². The molecule has 0 saturated heterocycles. The van der Waals surface area contributed by atoms with Gasteiger partial charge >= 0.3 is 0 Å². The highest BCUT2D eigenvalue weighted by molar-refractivity contribution is 5.53. The van der Waals surface area contributed by atoms with E-state index in [2.05, 4.69) is 17.3 Å². The van der Waals surface area contributed by atoms with Gasteiger partial charge in [-0.05, 0) is 6.42 Å². The predicted octanol–water partition coefficient (Wildman–Crippen LogP) is 1.48. The van der Waals surface area contributed by atoms with E-state index in [1.54, 1.807) is 4.68 Å². The first-order valence-electron chi connectivity index (χ1n) is 6.86. The normalized spacial score (nSPS) is 14.4. The first-order valence-corrected chi connectivity index (χ1v) is 6.86. The number of rotatable bonds is 3. The lowest BCUT2D eigenvalue weighted by Crippen LogP contribution is -2.26. The molecule has 0 spiro atoms. The van der Waals surface area contributed by atoms with Crippen molar-refractivity contribution in [3.8, 4) is 11.4 Å². The lowest BCUT2D eigenvalue weighted by Gasteiger charge is -2.19. The van der Waals surface area contributed by atoms with Gasteiger partial charge < -0.3 is 5.32 Å². The quantitative estimate of drug-likeness (QED) is 0.905. The van der Waals surface area contributed by atoms with Crippen molar-refractivity contribution in [1.29, 1.82) is 0 Å². The summed E-state index contributed by atoms with van der Waals surface area (Å²) in [7, 11) is 1.92. The Balaban J connectivity index is 2.08. The second kappa shape index (κ2) is 5.09. The highest BCUT2D eigenvalue weighted by Gasteiger charge is 2.18. The molecule has 1 aliphatic rings. The fourth-order valence-electron chi connectivity index (χ4n) is 2.52. The summed E-state index contributed by atoms with van der Waals surface area (Å²) in [6.07, 6.45) is 6.91. The maximum atomic E-state index is 4.75. The summed E-state index contributed by atoms with van der Waals surface area (Å²) in [6, 6.07) is 0. The molecule has 0 amide bonds. The van der Waals surface area contributed by atoms with Gasteiger partial charge in [0.25, 0.3) is 0 Å². The van der Waals surface area contributed by atoms with E-state index in [-0.39, 0.29) is 0 Å². The van der Waals surface area contributed by atoms with E-state index >= 15 is 0 Å². The van der Waals surface area contributed by atoms with Crippen molar-refractivity contribution in [3.63, 3.8) is 0 Å². The van der Waals surface area contributed by atoms with Crippen LogP contribution < -0.4 is 5.32 Å². The van der Waals surface area contributed by atoms with Crippen LogP contribution in [0.5, 0.6) is 0 Å². The van der Waals surface area contributed by atoms with Crippen LogP contribution in [0.3, 0.4) is 0 Å². The Morgan fingerprint density at radius 3 is 3.00 bits per heavy atom. The molecule has 5 heteroatoms. The van der Waals surface area contributed by atoms with Crippen LogP contribution in [0, 0.1) is 0 Å². The van der Waals surface area contributed by atoms with Crippen molar-refractivity contribution >= 4 is 0 Å². The van der Waals surface area contributed by atoms with Crippen LogP contribution in [0.2, 0.25) is 0 Å². The molecule has 3 rings (SSSR count). The van der Waals surface area contributed by atoms with Gasteiger partial charge in [0.2, 0.25) is 0 Å². The maximum Gasteiger partial charge on any atom is 0.162 e. The van der Waals surface area contributed by atoms with Crippen molar-refractivity contribution in [3.05, 3.63) is 29.3 Å². The zero-order chi connectivity index (χ0) is 13.2.